The highest BCUT2D eigenvalue weighted by molar-refractivity contribution is 5.94. The van der Waals surface area contributed by atoms with E-state index in [9.17, 15) is 9.59 Å². The van der Waals surface area contributed by atoms with Gasteiger partial charge in [-0.05, 0) is 63.4 Å². The van der Waals surface area contributed by atoms with Gasteiger partial charge in [0.05, 0.1) is 5.69 Å². The van der Waals surface area contributed by atoms with Crippen LogP contribution in [0.25, 0.3) is 5.69 Å². The van der Waals surface area contributed by atoms with Crippen molar-refractivity contribution in [3.05, 3.63) is 46.8 Å². The lowest BCUT2D eigenvalue weighted by molar-refractivity contribution is -0.138. The van der Waals surface area contributed by atoms with E-state index < -0.39 is 5.97 Å². The number of rotatable bonds is 6. The molecule has 1 amide bonds. The lowest BCUT2D eigenvalue weighted by atomic mass is 10.1. The molecule has 1 N–H and O–H groups in total. The van der Waals surface area contributed by atoms with Gasteiger partial charge in [-0.2, -0.15) is 5.10 Å². The largest absolute Gasteiger partial charge is 0.480 e. The molecule has 0 aliphatic rings. The van der Waals surface area contributed by atoms with Crippen molar-refractivity contribution >= 4 is 11.9 Å². The van der Waals surface area contributed by atoms with Crippen LogP contribution in [0.2, 0.25) is 0 Å². The van der Waals surface area contributed by atoms with E-state index in [2.05, 4.69) is 11.2 Å². The monoisotopic (exact) mass is 343 g/mol. The number of amides is 1. The van der Waals surface area contributed by atoms with E-state index in [-0.39, 0.29) is 24.2 Å². The minimum atomic E-state index is -1.03. The van der Waals surface area contributed by atoms with Crippen LogP contribution in [0.3, 0.4) is 0 Å². The molecule has 0 spiro atoms. The van der Waals surface area contributed by atoms with Crippen molar-refractivity contribution in [1.82, 2.24) is 14.7 Å². The Hall–Kier alpha value is -2.63. The number of hydrogen-bond donors (Lipinski definition) is 1. The topological polar surface area (TPSA) is 75.4 Å². The molecular weight excluding hydrogens is 318 g/mol. The lowest BCUT2D eigenvalue weighted by Crippen LogP contribution is -2.42. The summed E-state index contributed by atoms with van der Waals surface area (Å²) in [7, 11) is 0. The SMILES string of the molecule is CCC(C)N(CC(=O)O)C(=O)c1cc(C)n(-c2cc(C)cc(C)c2)n1. The van der Waals surface area contributed by atoms with Crippen LogP contribution in [0.5, 0.6) is 0 Å². The summed E-state index contributed by atoms with van der Waals surface area (Å²) >= 11 is 0. The Kier molecular flexibility index (Phi) is 5.62. The summed E-state index contributed by atoms with van der Waals surface area (Å²) in [6, 6.07) is 7.62. The maximum absolute atomic E-state index is 12.8. The normalized spacial score (nSPS) is 12.0. The van der Waals surface area contributed by atoms with Crippen LogP contribution in [-0.4, -0.2) is 44.3 Å². The molecule has 0 saturated carbocycles. The second-order valence-electron chi connectivity index (χ2n) is 6.51. The smallest absolute Gasteiger partial charge is 0.323 e. The van der Waals surface area contributed by atoms with Crippen molar-refractivity contribution < 1.29 is 14.7 Å². The molecule has 1 unspecified atom stereocenters. The first kappa shape index (κ1) is 18.7. The quantitative estimate of drug-likeness (QED) is 0.874. The summed E-state index contributed by atoms with van der Waals surface area (Å²) < 4.78 is 1.72. The van der Waals surface area contributed by atoms with Gasteiger partial charge in [-0.25, -0.2) is 4.68 Å². The minimum absolute atomic E-state index is 0.171. The molecule has 0 radical (unpaired) electrons. The zero-order valence-electron chi connectivity index (χ0n) is 15.4. The number of aromatic nitrogens is 2. The third kappa shape index (κ3) is 4.26. The van der Waals surface area contributed by atoms with E-state index in [0.717, 1.165) is 22.5 Å². The van der Waals surface area contributed by atoms with Crippen molar-refractivity contribution in [2.45, 2.75) is 47.1 Å². The van der Waals surface area contributed by atoms with Crippen LogP contribution in [0.1, 0.15) is 47.6 Å². The number of carboxylic acids is 1. The van der Waals surface area contributed by atoms with E-state index in [1.807, 2.05) is 46.8 Å². The summed E-state index contributed by atoms with van der Waals surface area (Å²) in [5, 5.41) is 13.5. The van der Waals surface area contributed by atoms with Crippen molar-refractivity contribution in [2.75, 3.05) is 6.54 Å². The molecule has 1 aromatic heterocycles. The molecular formula is C19H25N3O3. The van der Waals surface area contributed by atoms with Crippen LogP contribution in [-0.2, 0) is 4.79 Å². The summed E-state index contributed by atoms with van der Waals surface area (Å²) in [6.45, 7) is 9.34. The van der Waals surface area contributed by atoms with Gasteiger partial charge >= 0.3 is 5.97 Å². The molecule has 1 atom stereocenters. The van der Waals surface area contributed by atoms with Gasteiger partial charge in [-0.15, -0.1) is 0 Å². The van der Waals surface area contributed by atoms with Gasteiger partial charge in [-0.1, -0.05) is 13.0 Å². The number of benzene rings is 1. The molecule has 6 heteroatoms. The standard InChI is InChI=1S/C19H25N3O3/c1-6-14(4)21(11-18(23)24)19(25)17-10-15(5)22(20-17)16-8-12(2)7-13(3)9-16/h7-10,14H,6,11H2,1-5H3,(H,23,24). The molecule has 1 aromatic carbocycles. The maximum atomic E-state index is 12.8. The highest BCUT2D eigenvalue weighted by Crippen LogP contribution is 2.18. The van der Waals surface area contributed by atoms with Gasteiger partial charge in [0.1, 0.15) is 6.54 Å². The van der Waals surface area contributed by atoms with E-state index in [1.54, 1.807) is 10.7 Å². The highest BCUT2D eigenvalue weighted by Gasteiger charge is 2.25. The Morgan fingerprint density at radius 3 is 2.28 bits per heavy atom. The molecule has 0 saturated heterocycles. The van der Waals surface area contributed by atoms with Crippen molar-refractivity contribution in [3.63, 3.8) is 0 Å². The van der Waals surface area contributed by atoms with Crippen LogP contribution in [0, 0.1) is 20.8 Å². The number of aliphatic carboxylic acids is 1. The second kappa shape index (κ2) is 7.51. The second-order valence-corrected chi connectivity index (χ2v) is 6.51. The van der Waals surface area contributed by atoms with E-state index in [1.165, 1.54) is 4.90 Å². The fourth-order valence-corrected chi connectivity index (χ4v) is 2.85. The zero-order valence-corrected chi connectivity index (χ0v) is 15.4. The number of hydrogen-bond acceptors (Lipinski definition) is 3. The first-order chi connectivity index (χ1) is 11.7. The van der Waals surface area contributed by atoms with E-state index in [0.29, 0.717) is 6.42 Å². The Labute approximate surface area is 148 Å². The van der Waals surface area contributed by atoms with E-state index >= 15 is 0 Å². The highest BCUT2D eigenvalue weighted by atomic mass is 16.4. The molecule has 1 heterocycles. The summed E-state index contributed by atoms with van der Waals surface area (Å²) in [6.07, 6.45) is 0.676. The predicted octanol–water partition coefficient (Wildman–Crippen LogP) is 3.12. The molecule has 0 fully saturated rings. The predicted molar refractivity (Wildman–Crippen MR) is 96.2 cm³/mol. The third-order valence-electron chi connectivity index (χ3n) is 4.25. The minimum Gasteiger partial charge on any atom is -0.480 e. The van der Waals surface area contributed by atoms with Gasteiger partial charge in [0, 0.05) is 11.7 Å². The van der Waals surface area contributed by atoms with Gasteiger partial charge in [0.2, 0.25) is 0 Å². The number of carbonyl (C=O) groups excluding carboxylic acids is 1. The Morgan fingerprint density at radius 1 is 1.16 bits per heavy atom. The number of aryl methyl sites for hydroxylation is 3. The molecule has 6 nitrogen and oxygen atoms in total. The summed E-state index contributed by atoms with van der Waals surface area (Å²) in [5.41, 5.74) is 4.21. The lowest BCUT2D eigenvalue weighted by Gasteiger charge is -2.26. The van der Waals surface area contributed by atoms with Gasteiger partial charge < -0.3 is 10.0 Å². The van der Waals surface area contributed by atoms with Crippen LogP contribution < -0.4 is 0 Å². The van der Waals surface area contributed by atoms with Gasteiger partial charge in [0.15, 0.2) is 5.69 Å². The first-order valence-corrected chi connectivity index (χ1v) is 8.41. The molecule has 0 aliphatic heterocycles. The average molecular weight is 343 g/mol. The summed E-state index contributed by atoms with van der Waals surface area (Å²) in [5.74, 6) is -1.39. The molecule has 2 rings (SSSR count). The zero-order chi connectivity index (χ0) is 18.7. The molecule has 0 aliphatic carbocycles. The van der Waals surface area contributed by atoms with E-state index in [4.69, 9.17) is 5.11 Å². The molecule has 2 aromatic rings. The molecule has 25 heavy (non-hydrogen) atoms. The van der Waals surface area contributed by atoms with Gasteiger partial charge in [-0.3, -0.25) is 9.59 Å². The Morgan fingerprint density at radius 2 is 1.76 bits per heavy atom. The maximum Gasteiger partial charge on any atom is 0.323 e. The van der Waals surface area contributed by atoms with Crippen LogP contribution in [0.4, 0.5) is 0 Å². The van der Waals surface area contributed by atoms with Crippen molar-refractivity contribution in [1.29, 1.82) is 0 Å². The summed E-state index contributed by atoms with van der Waals surface area (Å²) in [4.78, 5) is 25.3. The van der Waals surface area contributed by atoms with Crippen LogP contribution >= 0.6 is 0 Å². The fraction of sp³-hybridized carbons (Fsp3) is 0.421. The Balaban J connectivity index is 2.40. The Bertz CT molecular complexity index is 775. The molecule has 134 valence electrons. The van der Waals surface area contributed by atoms with Crippen molar-refractivity contribution in [3.8, 4) is 5.69 Å². The number of carbonyl (C=O) groups is 2. The van der Waals surface area contributed by atoms with Gasteiger partial charge in [0.25, 0.3) is 5.91 Å². The molecule has 0 bridgehead atoms. The first-order valence-electron chi connectivity index (χ1n) is 8.41. The van der Waals surface area contributed by atoms with Crippen LogP contribution in [0.15, 0.2) is 24.3 Å². The average Bonchev–Trinajstić information content (AvgIpc) is 2.92. The number of carboxylic acid groups (broad SMARTS) is 1. The number of nitrogens with zero attached hydrogens (tertiary/aromatic N) is 3. The fourth-order valence-electron chi connectivity index (χ4n) is 2.85. The van der Waals surface area contributed by atoms with Crippen molar-refractivity contribution in [2.24, 2.45) is 0 Å². The third-order valence-corrected chi connectivity index (χ3v) is 4.25.